The molecule has 1 fully saturated rings. The van der Waals surface area contributed by atoms with Gasteiger partial charge in [-0.15, -0.1) is 0 Å². The van der Waals surface area contributed by atoms with E-state index in [-0.39, 0.29) is 11.9 Å². The summed E-state index contributed by atoms with van der Waals surface area (Å²) >= 11 is 0. The van der Waals surface area contributed by atoms with Gasteiger partial charge >= 0.3 is 0 Å². The molecule has 1 amide bonds. The van der Waals surface area contributed by atoms with Gasteiger partial charge in [-0.05, 0) is 25.0 Å². The Morgan fingerprint density at radius 2 is 2.44 bits per heavy atom. The second-order valence-corrected chi connectivity index (χ2v) is 4.55. The monoisotopic (exact) mass is 245 g/mol. The maximum absolute atomic E-state index is 12.2. The van der Waals surface area contributed by atoms with Gasteiger partial charge in [-0.1, -0.05) is 0 Å². The Morgan fingerprint density at radius 3 is 3.17 bits per heavy atom. The van der Waals surface area contributed by atoms with Crippen LogP contribution in [0.5, 0.6) is 0 Å². The van der Waals surface area contributed by atoms with Gasteiger partial charge in [-0.3, -0.25) is 9.48 Å². The van der Waals surface area contributed by atoms with Gasteiger partial charge in [-0.25, -0.2) is 0 Å². The molecule has 3 rings (SSSR count). The topological polar surface area (TPSA) is 51.3 Å². The molecule has 1 aliphatic heterocycles. The van der Waals surface area contributed by atoms with Crippen LogP contribution < -0.4 is 0 Å². The summed E-state index contributed by atoms with van der Waals surface area (Å²) in [5.74, 6) is 0.0422. The molecule has 3 heterocycles. The fraction of sp³-hybridized carbons (Fsp3) is 0.385. The number of furan rings is 1. The Morgan fingerprint density at radius 1 is 1.50 bits per heavy atom. The highest BCUT2D eigenvalue weighted by Crippen LogP contribution is 2.22. The van der Waals surface area contributed by atoms with E-state index in [1.807, 2.05) is 21.8 Å². The number of piperidine rings is 1. The third-order valence-corrected chi connectivity index (χ3v) is 3.35. The summed E-state index contributed by atoms with van der Waals surface area (Å²) in [6.45, 7) is 1.52. The first-order valence-electron chi connectivity index (χ1n) is 6.15. The van der Waals surface area contributed by atoms with Crippen LogP contribution in [0.1, 0.15) is 29.2 Å². The molecule has 0 spiro atoms. The predicted octanol–water partition coefficient (Wildman–Crippen LogP) is 1.95. The van der Waals surface area contributed by atoms with Gasteiger partial charge in [0.1, 0.15) is 6.26 Å². The van der Waals surface area contributed by atoms with Crippen LogP contribution in [-0.4, -0.2) is 33.7 Å². The van der Waals surface area contributed by atoms with Crippen molar-refractivity contribution in [1.82, 2.24) is 14.7 Å². The Hall–Kier alpha value is -2.04. The van der Waals surface area contributed by atoms with Crippen molar-refractivity contribution in [3.05, 3.63) is 42.6 Å². The van der Waals surface area contributed by atoms with Gasteiger partial charge in [-0.2, -0.15) is 5.10 Å². The van der Waals surface area contributed by atoms with Gasteiger partial charge in [0.2, 0.25) is 0 Å². The molecule has 1 atom stereocenters. The fourth-order valence-corrected chi connectivity index (χ4v) is 2.42. The Bertz CT molecular complexity index is 504. The molecule has 1 saturated heterocycles. The molecule has 1 aliphatic rings. The molecule has 0 saturated carbocycles. The minimum atomic E-state index is 0.0422. The van der Waals surface area contributed by atoms with Crippen molar-refractivity contribution < 1.29 is 9.21 Å². The number of carbonyl (C=O) groups is 1. The molecule has 0 bridgehead atoms. The number of hydrogen-bond acceptors (Lipinski definition) is 3. The minimum Gasteiger partial charge on any atom is -0.472 e. The van der Waals surface area contributed by atoms with E-state index in [4.69, 9.17) is 4.42 Å². The molecule has 0 N–H and O–H groups in total. The number of carbonyl (C=O) groups excluding carboxylic acids is 1. The molecule has 5 nitrogen and oxygen atoms in total. The molecule has 94 valence electrons. The van der Waals surface area contributed by atoms with Gasteiger partial charge in [0.05, 0.1) is 17.9 Å². The molecule has 0 radical (unpaired) electrons. The number of nitrogens with zero attached hydrogens (tertiary/aromatic N) is 3. The summed E-state index contributed by atoms with van der Waals surface area (Å²) in [7, 11) is 0. The van der Waals surface area contributed by atoms with E-state index < -0.39 is 0 Å². The summed E-state index contributed by atoms with van der Waals surface area (Å²) in [5, 5.41) is 4.26. The molecular formula is C13H15N3O2. The number of amides is 1. The first-order valence-corrected chi connectivity index (χ1v) is 6.15. The third-order valence-electron chi connectivity index (χ3n) is 3.35. The standard InChI is InChI=1S/C13H15N3O2/c17-13(11-4-8-18-10-11)15-6-1-3-12(9-15)16-7-2-5-14-16/h2,4-5,7-8,10,12H,1,3,6,9H2/t12-/m1/s1. The zero-order valence-corrected chi connectivity index (χ0v) is 10.0. The normalized spacial score (nSPS) is 20.0. The first-order chi connectivity index (χ1) is 8.84. The lowest BCUT2D eigenvalue weighted by atomic mass is 10.1. The molecule has 0 unspecified atom stereocenters. The van der Waals surface area contributed by atoms with E-state index in [0.29, 0.717) is 12.1 Å². The van der Waals surface area contributed by atoms with Gasteiger partial charge in [0, 0.05) is 25.5 Å². The summed E-state index contributed by atoms with van der Waals surface area (Å²) in [6, 6.07) is 3.90. The average Bonchev–Trinajstić information content (AvgIpc) is 3.11. The van der Waals surface area contributed by atoms with Gasteiger partial charge < -0.3 is 9.32 Å². The van der Waals surface area contributed by atoms with E-state index in [1.54, 1.807) is 12.3 Å². The Labute approximate surface area is 105 Å². The summed E-state index contributed by atoms with van der Waals surface area (Å²) in [6.07, 6.45) is 8.83. The van der Waals surface area contributed by atoms with E-state index in [2.05, 4.69) is 5.10 Å². The van der Waals surface area contributed by atoms with E-state index >= 15 is 0 Å². The predicted molar refractivity (Wildman–Crippen MR) is 65.1 cm³/mol. The van der Waals surface area contributed by atoms with Crippen LogP contribution in [0.25, 0.3) is 0 Å². The zero-order chi connectivity index (χ0) is 12.4. The lowest BCUT2D eigenvalue weighted by Crippen LogP contribution is -2.40. The van der Waals surface area contributed by atoms with Crippen molar-refractivity contribution in [3.63, 3.8) is 0 Å². The van der Waals surface area contributed by atoms with Crippen molar-refractivity contribution in [2.45, 2.75) is 18.9 Å². The molecule has 2 aromatic heterocycles. The van der Waals surface area contributed by atoms with Crippen molar-refractivity contribution in [1.29, 1.82) is 0 Å². The maximum atomic E-state index is 12.2. The zero-order valence-electron chi connectivity index (χ0n) is 10.0. The lowest BCUT2D eigenvalue weighted by molar-refractivity contribution is 0.0672. The highest BCUT2D eigenvalue weighted by molar-refractivity contribution is 5.93. The van der Waals surface area contributed by atoms with Crippen LogP contribution in [0, 0.1) is 0 Å². The SMILES string of the molecule is O=C(c1ccoc1)N1CCC[C@@H](n2cccn2)C1. The van der Waals surface area contributed by atoms with Crippen LogP contribution in [0.4, 0.5) is 0 Å². The van der Waals surface area contributed by atoms with Crippen LogP contribution in [0.2, 0.25) is 0 Å². The minimum absolute atomic E-state index is 0.0422. The quantitative estimate of drug-likeness (QED) is 0.812. The second kappa shape index (κ2) is 4.68. The van der Waals surface area contributed by atoms with E-state index in [1.165, 1.54) is 12.5 Å². The van der Waals surface area contributed by atoms with E-state index in [0.717, 1.165) is 19.4 Å². The highest BCUT2D eigenvalue weighted by Gasteiger charge is 2.25. The summed E-state index contributed by atoms with van der Waals surface area (Å²) in [5.41, 5.74) is 0.621. The van der Waals surface area contributed by atoms with Crippen LogP contribution >= 0.6 is 0 Å². The molecule has 0 aliphatic carbocycles. The Balaban J connectivity index is 1.73. The van der Waals surface area contributed by atoms with Crippen LogP contribution in [0.15, 0.2) is 41.5 Å². The third kappa shape index (κ3) is 2.03. The second-order valence-electron chi connectivity index (χ2n) is 4.55. The fourth-order valence-electron chi connectivity index (χ4n) is 2.42. The largest absolute Gasteiger partial charge is 0.472 e. The summed E-state index contributed by atoms with van der Waals surface area (Å²) in [4.78, 5) is 14.1. The Kier molecular flexibility index (Phi) is 2.88. The van der Waals surface area contributed by atoms with E-state index in [9.17, 15) is 4.79 Å². The highest BCUT2D eigenvalue weighted by atomic mass is 16.3. The number of hydrogen-bond donors (Lipinski definition) is 0. The number of aromatic nitrogens is 2. The van der Waals surface area contributed by atoms with Gasteiger partial charge in [0.25, 0.3) is 5.91 Å². The average molecular weight is 245 g/mol. The maximum Gasteiger partial charge on any atom is 0.257 e. The van der Waals surface area contributed by atoms with Crippen molar-refractivity contribution in [2.24, 2.45) is 0 Å². The van der Waals surface area contributed by atoms with Crippen molar-refractivity contribution in [2.75, 3.05) is 13.1 Å². The van der Waals surface area contributed by atoms with Crippen molar-refractivity contribution in [3.8, 4) is 0 Å². The molecule has 2 aromatic rings. The molecule has 18 heavy (non-hydrogen) atoms. The summed E-state index contributed by atoms with van der Waals surface area (Å²) < 4.78 is 6.90. The smallest absolute Gasteiger partial charge is 0.257 e. The first kappa shape index (κ1) is 11.1. The van der Waals surface area contributed by atoms with Crippen LogP contribution in [-0.2, 0) is 0 Å². The molecule has 0 aromatic carbocycles. The van der Waals surface area contributed by atoms with Crippen molar-refractivity contribution >= 4 is 5.91 Å². The van der Waals surface area contributed by atoms with Crippen LogP contribution in [0.3, 0.4) is 0 Å². The molecular weight excluding hydrogens is 230 g/mol. The lowest BCUT2D eigenvalue weighted by Gasteiger charge is -2.32. The molecule has 5 heteroatoms. The number of rotatable bonds is 2. The van der Waals surface area contributed by atoms with Gasteiger partial charge in [0.15, 0.2) is 0 Å². The number of likely N-dealkylation sites (tertiary alicyclic amines) is 1.